The van der Waals surface area contributed by atoms with E-state index in [1.54, 1.807) is 25.4 Å². The molecule has 0 radical (unpaired) electrons. The first-order valence-electron chi connectivity index (χ1n) is 8.97. The van der Waals surface area contributed by atoms with Gasteiger partial charge in [0.2, 0.25) is 0 Å². The maximum atomic E-state index is 12.1. The fourth-order valence-corrected chi connectivity index (χ4v) is 4.42. The topological polar surface area (TPSA) is 77.5 Å². The van der Waals surface area contributed by atoms with Gasteiger partial charge in [0, 0.05) is 43.2 Å². The molecule has 0 spiro atoms. The van der Waals surface area contributed by atoms with Crippen molar-refractivity contribution in [1.82, 2.24) is 4.98 Å². The van der Waals surface area contributed by atoms with Gasteiger partial charge in [-0.1, -0.05) is 17.7 Å². The number of anilines is 1. The van der Waals surface area contributed by atoms with E-state index in [0.717, 1.165) is 29.7 Å². The second kappa shape index (κ2) is 7.86. The molecule has 0 bridgehead atoms. The van der Waals surface area contributed by atoms with E-state index >= 15 is 0 Å². The molecule has 1 aromatic carbocycles. The van der Waals surface area contributed by atoms with Gasteiger partial charge in [-0.15, -0.1) is 0 Å². The van der Waals surface area contributed by atoms with Gasteiger partial charge in [0.15, 0.2) is 9.84 Å². The zero-order chi connectivity index (χ0) is 19.5. The van der Waals surface area contributed by atoms with Crippen molar-refractivity contribution in [2.24, 2.45) is 0 Å². The van der Waals surface area contributed by atoms with Crippen LogP contribution in [0.5, 0.6) is 5.75 Å². The van der Waals surface area contributed by atoms with Crippen LogP contribution in [0, 0.1) is 6.92 Å². The van der Waals surface area contributed by atoms with Gasteiger partial charge in [-0.2, -0.15) is 0 Å². The van der Waals surface area contributed by atoms with Crippen LogP contribution >= 0.6 is 0 Å². The lowest BCUT2D eigenvalue weighted by Gasteiger charge is -2.39. The summed E-state index contributed by atoms with van der Waals surface area (Å²) >= 11 is 0. The highest BCUT2D eigenvalue weighted by atomic mass is 32.2. The number of methoxy groups -OCH3 is 1. The lowest BCUT2D eigenvalue weighted by atomic mass is 9.73. The van der Waals surface area contributed by atoms with Gasteiger partial charge in [-0.05, 0) is 38.0 Å². The van der Waals surface area contributed by atoms with Gasteiger partial charge in [-0.3, -0.25) is 0 Å². The van der Waals surface area contributed by atoms with E-state index < -0.39 is 9.84 Å². The highest BCUT2D eigenvalue weighted by Gasteiger charge is 2.37. The minimum atomic E-state index is -3.36. The minimum absolute atomic E-state index is 0.211. The number of hydrogen-bond acceptors (Lipinski definition) is 6. The summed E-state index contributed by atoms with van der Waals surface area (Å²) in [4.78, 5) is 4.47. The predicted octanol–water partition coefficient (Wildman–Crippen LogP) is 2.96. The second-order valence-electron chi connectivity index (χ2n) is 7.07. The zero-order valence-corrected chi connectivity index (χ0v) is 16.8. The van der Waals surface area contributed by atoms with E-state index in [0.29, 0.717) is 25.6 Å². The molecule has 3 rings (SSSR count). The number of aromatic nitrogens is 1. The largest absolute Gasteiger partial charge is 0.496 e. The van der Waals surface area contributed by atoms with Crippen LogP contribution < -0.4 is 10.1 Å². The Morgan fingerprint density at radius 1 is 1.26 bits per heavy atom. The van der Waals surface area contributed by atoms with Crippen LogP contribution in [0.2, 0.25) is 0 Å². The smallest absolute Gasteiger partial charge is 0.179 e. The van der Waals surface area contributed by atoms with Crippen molar-refractivity contribution in [3.63, 3.8) is 0 Å². The van der Waals surface area contributed by atoms with E-state index in [1.165, 1.54) is 6.26 Å². The Kier molecular flexibility index (Phi) is 5.72. The summed E-state index contributed by atoms with van der Waals surface area (Å²) < 4.78 is 35.4. The zero-order valence-electron chi connectivity index (χ0n) is 16.0. The molecule has 1 N–H and O–H groups in total. The number of nitrogens with one attached hydrogen (secondary N) is 1. The van der Waals surface area contributed by atoms with Gasteiger partial charge in [-0.25, -0.2) is 13.4 Å². The average Bonchev–Trinajstić information content (AvgIpc) is 2.66. The summed E-state index contributed by atoms with van der Waals surface area (Å²) in [6, 6.07) is 9.39. The summed E-state index contributed by atoms with van der Waals surface area (Å²) in [6.07, 6.45) is 4.44. The Balaban J connectivity index is 1.98. The number of nitrogens with zero attached hydrogens (tertiary/aromatic N) is 1. The first-order valence-corrected chi connectivity index (χ1v) is 10.9. The number of benzene rings is 1. The van der Waals surface area contributed by atoms with Gasteiger partial charge >= 0.3 is 0 Å². The second-order valence-corrected chi connectivity index (χ2v) is 9.06. The quantitative estimate of drug-likeness (QED) is 0.817. The fraction of sp³-hybridized carbons (Fsp3) is 0.450. The van der Waals surface area contributed by atoms with Crippen molar-refractivity contribution < 1.29 is 17.9 Å². The van der Waals surface area contributed by atoms with Crippen LogP contribution in [-0.2, 0) is 20.0 Å². The molecule has 0 saturated carbocycles. The molecule has 1 saturated heterocycles. The maximum absolute atomic E-state index is 12.1. The molecule has 7 heteroatoms. The molecule has 146 valence electrons. The highest BCUT2D eigenvalue weighted by molar-refractivity contribution is 7.90. The number of sulfone groups is 1. The van der Waals surface area contributed by atoms with Crippen molar-refractivity contribution in [2.75, 3.05) is 38.4 Å². The number of pyridine rings is 1. The maximum Gasteiger partial charge on any atom is 0.179 e. The minimum Gasteiger partial charge on any atom is -0.496 e. The van der Waals surface area contributed by atoms with Crippen LogP contribution in [-0.4, -0.2) is 46.5 Å². The Morgan fingerprint density at radius 2 is 2.00 bits per heavy atom. The standard InChI is InChI=1S/C20H26N2O4S/c1-15-6-7-17(25-2)16(13-15)20(8-11-26-12-9-20)14-22-19-18(27(3,23)24)5-4-10-21-19/h4-7,10,13H,8-9,11-12,14H2,1-3H3,(H,21,22). The molecule has 0 aliphatic carbocycles. The third kappa shape index (κ3) is 4.25. The molecule has 6 nitrogen and oxygen atoms in total. The number of rotatable bonds is 6. The molecule has 1 aliphatic heterocycles. The third-order valence-corrected chi connectivity index (χ3v) is 6.27. The van der Waals surface area contributed by atoms with E-state index in [1.807, 2.05) is 12.1 Å². The van der Waals surface area contributed by atoms with Gasteiger partial charge < -0.3 is 14.8 Å². The van der Waals surface area contributed by atoms with Crippen molar-refractivity contribution in [2.45, 2.75) is 30.1 Å². The Hall–Kier alpha value is -2.12. The lowest BCUT2D eigenvalue weighted by Crippen LogP contribution is -2.40. The molecule has 0 amide bonds. The molecule has 27 heavy (non-hydrogen) atoms. The Morgan fingerprint density at radius 3 is 2.67 bits per heavy atom. The van der Waals surface area contributed by atoms with Crippen LogP contribution in [0.1, 0.15) is 24.0 Å². The van der Waals surface area contributed by atoms with E-state index in [2.05, 4.69) is 23.3 Å². The molecule has 0 atom stereocenters. The van der Waals surface area contributed by atoms with Gasteiger partial charge in [0.1, 0.15) is 16.5 Å². The SMILES string of the molecule is COc1ccc(C)cc1C1(CNc2ncccc2S(C)(=O)=O)CCOCC1. The van der Waals surface area contributed by atoms with Gasteiger partial charge in [0.05, 0.1) is 7.11 Å². The number of aryl methyl sites for hydroxylation is 1. The van der Waals surface area contributed by atoms with Crippen molar-refractivity contribution >= 4 is 15.7 Å². The fourth-order valence-electron chi connectivity index (χ4n) is 3.62. The summed E-state index contributed by atoms with van der Waals surface area (Å²) in [6.45, 7) is 3.92. The van der Waals surface area contributed by atoms with Crippen LogP contribution in [0.3, 0.4) is 0 Å². The summed E-state index contributed by atoms with van der Waals surface area (Å²) in [5.74, 6) is 1.23. The van der Waals surface area contributed by atoms with Crippen LogP contribution in [0.15, 0.2) is 41.4 Å². The Bertz CT molecular complexity index is 906. The summed E-state index contributed by atoms with van der Waals surface area (Å²) in [7, 11) is -1.69. The van der Waals surface area contributed by atoms with Crippen molar-refractivity contribution in [3.8, 4) is 5.75 Å². The van der Waals surface area contributed by atoms with E-state index in [9.17, 15) is 8.42 Å². The number of ether oxygens (including phenoxy) is 2. The molecule has 1 aliphatic rings. The van der Waals surface area contributed by atoms with Crippen molar-refractivity contribution in [3.05, 3.63) is 47.7 Å². The molecular weight excluding hydrogens is 364 g/mol. The van der Waals surface area contributed by atoms with Crippen LogP contribution in [0.4, 0.5) is 5.82 Å². The lowest BCUT2D eigenvalue weighted by molar-refractivity contribution is 0.0535. The van der Waals surface area contributed by atoms with Gasteiger partial charge in [0.25, 0.3) is 0 Å². The molecule has 0 unspecified atom stereocenters. The van der Waals surface area contributed by atoms with E-state index in [-0.39, 0.29) is 10.3 Å². The molecule has 1 aromatic heterocycles. The van der Waals surface area contributed by atoms with E-state index in [4.69, 9.17) is 9.47 Å². The molecule has 1 fully saturated rings. The average molecular weight is 391 g/mol. The monoisotopic (exact) mass is 390 g/mol. The Labute approximate surface area is 160 Å². The predicted molar refractivity (Wildman–Crippen MR) is 105 cm³/mol. The highest BCUT2D eigenvalue weighted by Crippen LogP contribution is 2.40. The molecular formula is C20H26N2O4S. The molecule has 2 aromatic rings. The number of hydrogen-bond donors (Lipinski definition) is 1. The summed E-state index contributed by atoms with van der Waals surface area (Å²) in [5.41, 5.74) is 2.06. The first kappa shape index (κ1) is 19.6. The van der Waals surface area contributed by atoms with Crippen LogP contribution in [0.25, 0.3) is 0 Å². The molecule has 2 heterocycles. The summed E-state index contributed by atoms with van der Waals surface area (Å²) in [5, 5.41) is 3.30. The first-order chi connectivity index (χ1) is 12.9. The third-order valence-electron chi connectivity index (χ3n) is 5.14. The normalized spacial score (nSPS) is 16.7. The van der Waals surface area contributed by atoms with Crippen molar-refractivity contribution in [1.29, 1.82) is 0 Å².